The van der Waals surface area contributed by atoms with Crippen molar-refractivity contribution >= 4 is 70.5 Å². The van der Waals surface area contributed by atoms with Crippen molar-refractivity contribution in [3.05, 3.63) is 91.1 Å². The van der Waals surface area contributed by atoms with Crippen molar-refractivity contribution in [2.45, 2.75) is 6.61 Å². The highest BCUT2D eigenvalue weighted by atomic mass is 79.9. The Kier molecular flexibility index (Phi) is 6.38. The number of nitriles is 1. The van der Waals surface area contributed by atoms with Crippen molar-refractivity contribution in [2.24, 2.45) is 0 Å². The van der Waals surface area contributed by atoms with E-state index in [9.17, 15) is 5.26 Å². The average Bonchev–Trinajstić information content (AvgIpc) is 3.16. The number of para-hydroxylation sites is 2. The highest BCUT2D eigenvalue weighted by Gasteiger charge is 2.13. The van der Waals surface area contributed by atoms with Crippen LogP contribution in [0.5, 0.6) is 5.75 Å². The van der Waals surface area contributed by atoms with Crippen LogP contribution in [0, 0.1) is 11.3 Å². The summed E-state index contributed by atoms with van der Waals surface area (Å²) in [7, 11) is 0. The molecule has 0 spiro atoms. The summed E-state index contributed by atoms with van der Waals surface area (Å²) in [4.78, 5) is 4.40. The van der Waals surface area contributed by atoms with Crippen LogP contribution in [-0.4, -0.2) is 4.98 Å². The highest BCUT2D eigenvalue weighted by molar-refractivity contribution is 9.11. The van der Waals surface area contributed by atoms with Crippen LogP contribution in [0.4, 0.5) is 0 Å². The number of hydrogen-bond acceptors (Lipinski definition) is 4. The van der Waals surface area contributed by atoms with E-state index in [1.54, 1.807) is 6.08 Å². The van der Waals surface area contributed by atoms with E-state index in [2.05, 4.69) is 58.8 Å². The first-order valence-electron chi connectivity index (χ1n) is 8.87. The molecule has 0 atom stereocenters. The van der Waals surface area contributed by atoms with Crippen LogP contribution in [0.3, 0.4) is 0 Å². The van der Waals surface area contributed by atoms with Crippen molar-refractivity contribution in [2.75, 3.05) is 0 Å². The summed E-state index contributed by atoms with van der Waals surface area (Å²) in [5.41, 5.74) is 3.57. The topological polar surface area (TPSA) is 59.0 Å². The minimum absolute atomic E-state index is 0.293. The zero-order valence-electron chi connectivity index (χ0n) is 15.4. The maximum Gasteiger partial charge on any atom is 0.238 e. The number of benzene rings is 3. The lowest BCUT2D eigenvalue weighted by molar-refractivity contribution is 0.302. The molecule has 0 aliphatic carbocycles. The lowest BCUT2D eigenvalue weighted by atomic mass is 10.1. The molecule has 1 aromatic heterocycles. The Labute approximate surface area is 198 Å². The largest absolute Gasteiger partial charge is 0.487 e. The smallest absolute Gasteiger partial charge is 0.238 e. The number of hydrogen-bond donors (Lipinski definition) is 0. The molecule has 4 aromatic rings. The first-order valence-corrected chi connectivity index (χ1v) is 11.3. The number of allylic oxidation sites excluding steroid dienone is 1. The predicted octanol–water partition coefficient (Wildman–Crippen LogP) is 7.76. The van der Waals surface area contributed by atoms with Crippen molar-refractivity contribution in [1.82, 2.24) is 4.98 Å². The van der Waals surface area contributed by atoms with E-state index in [0.717, 1.165) is 24.5 Å². The maximum atomic E-state index is 9.62. The summed E-state index contributed by atoms with van der Waals surface area (Å²) in [5.74, 6) is 0.983. The third-order valence-electron chi connectivity index (χ3n) is 4.27. The van der Waals surface area contributed by atoms with E-state index >= 15 is 0 Å². The maximum absolute atomic E-state index is 9.62. The van der Waals surface area contributed by atoms with E-state index in [1.807, 2.05) is 60.7 Å². The van der Waals surface area contributed by atoms with Crippen molar-refractivity contribution in [1.29, 1.82) is 5.26 Å². The Hall–Kier alpha value is -2.40. The number of oxazole rings is 1. The second kappa shape index (κ2) is 9.17. The Bertz CT molecular complexity index is 1230. The van der Waals surface area contributed by atoms with Gasteiger partial charge in [0.25, 0.3) is 0 Å². The van der Waals surface area contributed by atoms with Crippen LogP contribution < -0.4 is 4.74 Å². The first-order chi connectivity index (χ1) is 14.5. The monoisotopic (exact) mass is 586 g/mol. The number of halogens is 3. The first kappa shape index (κ1) is 20.9. The molecule has 3 aromatic carbocycles. The molecule has 30 heavy (non-hydrogen) atoms. The van der Waals surface area contributed by atoms with E-state index in [0.29, 0.717) is 34.9 Å². The van der Waals surface area contributed by atoms with E-state index < -0.39 is 0 Å². The summed E-state index contributed by atoms with van der Waals surface area (Å²) in [6.07, 6.45) is 1.73. The average molecular weight is 589 g/mol. The number of ether oxygens (including phenoxy) is 1. The van der Waals surface area contributed by atoms with Gasteiger partial charge in [-0.25, -0.2) is 4.98 Å². The molecule has 0 unspecified atom stereocenters. The van der Waals surface area contributed by atoms with Gasteiger partial charge in [-0.1, -0.05) is 40.2 Å². The molecule has 0 bridgehead atoms. The van der Waals surface area contributed by atoms with Gasteiger partial charge in [0.2, 0.25) is 5.89 Å². The zero-order valence-corrected chi connectivity index (χ0v) is 20.2. The normalized spacial score (nSPS) is 11.5. The van der Waals surface area contributed by atoms with Crippen LogP contribution in [0.1, 0.15) is 17.0 Å². The zero-order chi connectivity index (χ0) is 21.1. The fraction of sp³-hybridized carbons (Fsp3) is 0.0435. The summed E-state index contributed by atoms with van der Waals surface area (Å²) in [6.45, 7) is 0.437. The lowest BCUT2D eigenvalue weighted by Crippen LogP contribution is -1.97. The fourth-order valence-electron chi connectivity index (χ4n) is 2.83. The van der Waals surface area contributed by atoms with Gasteiger partial charge in [0.1, 0.15) is 29.5 Å². The number of nitrogens with zero attached hydrogens (tertiary/aromatic N) is 2. The van der Waals surface area contributed by atoms with E-state index in [4.69, 9.17) is 9.15 Å². The van der Waals surface area contributed by atoms with E-state index in [-0.39, 0.29) is 0 Å². The Balaban J connectivity index is 1.59. The quantitative estimate of drug-likeness (QED) is 0.224. The number of fused-ring (bicyclic) bond motifs is 1. The molecule has 0 amide bonds. The molecule has 4 rings (SSSR count). The fourth-order valence-corrected chi connectivity index (χ4v) is 4.55. The minimum atomic E-state index is 0.293. The van der Waals surface area contributed by atoms with Gasteiger partial charge in [0.15, 0.2) is 5.58 Å². The third kappa shape index (κ3) is 4.67. The molecule has 1 heterocycles. The Morgan fingerprint density at radius 1 is 1.03 bits per heavy atom. The molecule has 0 aliphatic heterocycles. The molecule has 4 nitrogen and oxygen atoms in total. The van der Waals surface area contributed by atoms with Crippen LogP contribution in [0.25, 0.3) is 22.7 Å². The van der Waals surface area contributed by atoms with E-state index in [1.165, 1.54) is 0 Å². The van der Waals surface area contributed by atoms with Gasteiger partial charge >= 0.3 is 0 Å². The van der Waals surface area contributed by atoms with Crippen LogP contribution in [-0.2, 0) is 6.61 Å². The van der Waals surface area contributed by atoms with Crippen molar-refractivity contribution < 1.29 is 9.15 Å². The molecule has 0 fully saturated rings. The second-order valence-corrected chi connectivity index (χ2v) is 9.01. The third-order valence-corrected chi connectivity index (χ3v) is 5.98. The molecule has 0 N–H and O–H groups in total. The molecule has 7 heteroatoms. The van der Waals surface area contributed by atoms with Gasteiger partial charge in [-0.3, -0.25) is 0 Å². The van der Waals surface area contributed by atoms with Gasteiger partial charge in [-0.2, -0.15) is 5.26 Å². The number of rotatable bonds is 5. The van der Waals surface area contributed by atoms with Crippen LogP contribution in [0.2, 0.25) is 0 Å². The summed E-state index contributed by atoms with van der Waals surface area (Å²) >= 11 is 10.6. The summed E-state index contributed by atoms with van der Waals surface area (Å²) < 4.78 is 14.3. The summed E-state index contributed by atoms with van der Waals surface area (Å²) in [6, 6.07) is 21.3. The highest BCUT2D eigenvalue weighted by Crippen LogP contribution is 2.36. The molecule has 0 radical (unpaired) electrons. The van der Waals surface area contributed by atoms with Gasteiger partial charge < -0.3 is 9.15 Å². The van der Waals surface area contributed by atoms with Gasteiger partial charge in [-0.15, -0.1) is 0 Å². The number of aromatic nitrogens is 1. The Morgan fingerprint density at radius 2 is 1.73 bits per heavy atom. The molecule has 0 aliphatic rings. The lowest BCUT2D eigenvalue weighted by Gasteiger charge is -2.11. The molecular weight excluding hydrogens is 576 g/mol. The van der Waals surface area contributed by atoms with Crippen LogP contribution >= 0.6 is 47.8 Å². The van der Waals surface area contributed by atoms with Crippen molar-refractivity contribution in [3.63, 3.8) is 0 Å². The molecule has 0 saturated carbocycles. The Morgan fingerprint density at radius 3 is 2.40 bits per heavy atom. The SMILES string of the molecule is N#C/C(=C\c1cc(Br)c(OCc2ccc(Br)cc2)c(Br)c1)c1nc2ccccc2o1. The molecule has 148 valence electrons. The molecular formula is C23H13Br3N2O2. The van der Waals surface area contributed by atoms with Gasteiger partial charge in [0, 0.05) is 4.47 Å². The van der Waals surface area contributed by atoms with Crippen molar-refractivity contribution in [3.8, 4) is 11.8 Å². The van der Waals surface area contributed by atoms with Crippen LogP contribution in [0.15, 0.2) is 78.5 Å². The standard InChI is InChI=1S/C23H13Br3N2O2/c24-17-7-5-14(6-8-17)13-29-22-18(25)10-15(11-19(22)26)9-16(12-27)23-28-20-3-1-2-4-21(20)30-23/h1-11H,13H2/b16-9+. The van der Waals surface area contributed by atoms with Gasteiger partial charge in [-0.05, 0) is 85.5 Å². The second-order valence-electron chi connectivity index (χ2n) is 6.39. The minimum Gasteiger partial charge on any atom is -0.487 e. The van der Waals surface area contributed by atoms with Gasteiger partial charge in [0.05, 0.1) is 8.95 Å². The summed E-state index contributed by atoms with van der Waals surface area (Å²) in [5, 5.41) is 9.62. The predicted molar refractivity (Wildman–Crippen MR) is 128 cm³/mol. The molecule has 0 saturated heterocycles.